The van der Waals surface area contributed by atoms with Gasteiger partial charge in [0.25, 0.3) is 0 Å². The lowest BCUT2D eigenvalue weighted by molar-refractivity contribution is -0.148. The Bertz CT molecular complexity index is 1050. The molecule has 2 aromatic rings. The molecular formula is C27H30N2O5. The van der Waals surface area contributed by atoms with E-state index in [1.165, 1.54) is 11.1 Å². The summed E-state index contributed by atoms with van der Waals surface area (Å²) in [6.07, 6.45) is 2.99. The van der Waals surface area contributed by atoms with Crippen LogP contribution in [0.15, 0.2) is 48.5 Å². The lowest BCUT2D eigenvalue weighted by Gasteiger charge is -2.43. The van der Waals surface area contributed by atoms with Gasteiger partial charge >= 0.3 is 12.1 Å². The molecule has 2 aromatic carbocycles. The molecule has 2 fully saturated rings. The van der Waals surface area contributed by atoms with Crippen molar-refractivity contribution in [1.82, 2.24) is 10.2 Å². The van der Waals surface area contributed by atoms with Crippen LogP contribution in [0.4, 0.5) is 4.79 Å². The number of likely N-dealkylation sites (tertiary alicyclic amines) is 1. The molecule has 2 atom stereocenters. The van der Waals surface area contributed by atoms with Gasteiger partial charge in [-0.25, -0.2) is 4.79 Å². The molecule has 1 aliphatic heterocycles. The average molecular weight is 463 g/mol. The van der Waals surface area contributed by atoms with E-state index in [2.05, 4.69) is 29.6 Å². The van der Waals surface area contributed by atoms with Crippen molar-refractivity contribution in [2.75, 3.05) is 19.7 Å². The molecule has 1 saturated carbocycles. The summed E-state index contributed by atoms with van der Waals surface area (Å²) in [6, 6.07) is 16.2. The van der Waals surface area contributed by atoms with Gasteiger partial charge in [0.15, 0.2) is 0 Å². The molecule has 5 rings (SSSR count). The SMILES string of the molecule is O=C(O)CC1CN(C(=O)C2CCCCC2NC(=O)OCC2c3ccccc3-c3ccccc32)C1. The van der Waals surface area contributed by atoms with Crippen molar-refractivity contribution in [1.29, 1.82) is 0 Å². The number of hydrogen-bond donors (Lipinski definition) is 2. The zero-order chi connectivity index (χ0) is 23.7. The summed E-state index contributed by atoms with van der Waals surface area (Å²) in [5, 5.41) is 11.9. The Morgan fingerprint density at radius 2 is 1.56 bits per heavy atom. The second-order valence-corrected chi connectivity index (χ2v) is 9.67. The van der Waals surface area contributed by atoms with Crippen LogP contribution in [0.2, 0.25) is 0 Å². The summed E-state index contributed by atoms with van der Waals surface area (Å²) in [7, 11) is 0. The lowest BCUT2D eigenvalue weighted by Crippen LogP contribution is -2.56. The number of nitrogens with zero attached hydrogens (tertiary/aromatic N) is 1. The number of carboxylic acids is 1. The van der Waals surface area contributed by atoms with Crippen LogP contribution in [0.3, 0.4) is 0 Å². The highest BCUT2D eigenvalue weighted by molar-refractivity contribution is 5.82. The van der Waals surface area contributed by atoms with E-state index in [0.29, 0.717) is 13.1 Å². The Morgan fingerprint density at radius 1 is 0.941 bits per heavy atom. The number of ether oxygens (including phenoxy) is 1. The first-order chi connectivity index (χ1) is 16.5. The highest BCUT2D eigenvalue weighted by Gasteiger charge is 2.40. The number of alkyl carbamates (subject to hydrolysis) is 1. The zero-order valence-corrected chi connectivity index (χ0v) is 19.1. The summed E-state index contributed by atoms with van der Waals surface area (Å²) >= 11 is 0. The van der Waals surface area contributed by atoms with Crippen LogP contribution < -0.4 is 5.32 Å². The molecule has 0 radical (unpaired) electrons. The molecule has 1 saturated heterocycles. The minimum atomic E-state index is -0.829. The van der Waals surface area contributed by atoms with E-state index < -0.39 is 12.1 Å². The standard InChI is InChI=1S/C27H30N2O5/c30-25(31)13-17-14-29(15-17)26(32)22-11-5-6-12-24(22)28-27(33)34-16-23-20-9-3-1-7-18(20)19-8-2-4-10-21(19)23/h1-4,7-10,17,22-24H,5-6,11-16H2,(H,28,33)(H,30,31). The maximum Gasteiger partial charge on any atom is 0.407 e. The molecule has 2 N–H and O–H groups in total. The summed E-state index contributed by atoms with van der Waals surface area (Å²) in [5.41, 5.74) is 4.69. The third-order valence-corrected chi connectivity index (χ3v) is 7.46. The summed E-state index contributed by atoms with van der Waals surface area (Å²) in [5.74, 6) is -1.07. The smallest absolute Gasteiger partial charge is 0.407 e. The predicted molar refractivity (Wildman–Crippen MR) is 126 cm³/mol. The van der Waals surface area contributed by atoms with Crippen molar-refractivity contribution in [3.8, 4) is 11.1 Å². The van der Waals surface area contributed by atoms with E-state index >= 15 is 0 Å². The molecule has 0 aromatic heterocycles. The van der Waals surface area contributed by atoms with Crippen molar-refractivity contribution >= 4 is 18.0 Å². The largest absolute Gasteiger partial charge is 0.481 e. The molecule has 178 valence electrons. The van der Waals surface area contributed by atoms with E-state index in [4.69, 9.17) is 9.84 Å². The Balaban J connectivity index is 1.19. The fourth-order valence-electron chi connectivity index (χ4n) is 5.75. The van der Waals surface area contributed by atoms with E-state index in [9.17, 15) is 14.4 Å². The number of carboxylic acid groups (broad SMARTS) is 1. The second kappa shape index (κ2) is 9.49. The van der Waals surface area contributed by atoms with Gasteiger partial charge in [-0.05, 0) is 35.1 Å². The topological polar surface area (TPSA) is 95.9 Å². The van der Waals surface area contributed by atoms with Gasteiger partial charge < -0.3 is 20.1 Å². The lowest BCUT2D eigenvalue weighted by atomic mass is 9.82. The van der Waals surface area contributed by atoms with Crippen LogP contribution >= 0.6 is 0 Å². The quantitative estimate of drug-likeness (QED) is 0.676. The number of amides is 2. The fourth-order valence-corrected chi connectivity index (χ4v) is 5.75. The van der Waals surface area contributed by atoms with Gasteiger partial charge in [0.1, 0.15) is 6.61 Å². The van der Waals surface area contributed by atoms with Gasteiger partial charge in [-0.3, -0.25) is 9.59 Å². The number of benzene rings is 2. The van der Waals surface area contributed by atoms with Crippen molar-refractivity contribution in [3.05, 3.63) is 59.7 Å². The molecule has 0 spiro atoms. The summed E-state index contributed by atoms with van der Waals surface area (Å²) in [6.45, 7) is 1.22. The minimum Gasteiger partial charge on any atom is -0.481 e. The molecule has 3 aliphatic rings. The zero-order valence-electron chi connectivity index (χ0n) is 19.1. The van der Waals surface area contributed by atoms with Crippen LogP contribution in [0, 0.1) is 11.8 Å². The molecule has 0 bridgehead atoms. The monoisotopic (exact) mass is 462 g/mol. The van der Waals surface area contributed by atoms with E-state index in [-0.39, 0.29) is 42.7 Å². The van der Waals surface area contributed by atoms with Crippen LogP contribution in [-0.2, 0) is 14.3 Å². The van der Waals surface area contributed by atoms with Gasteiger partial charge in [-0.1, -0.05) is 61.4 Å². The van der Waals surface area contributed by atoms with Crippen molar-refractivity contribution < 1.29 is 24.2 Å². The molecule has 34 heavy (non-hydrogen) atoms. The number of hydrogen-bond acceptors (Lipinski definition) is 4. The number of fused-ring (bicyclic) bond motifs is 3. The first-order valence-corrected chi connectivity index (χ1v) is 12.1. The third-order valence-electron chi connectivity index (χ3n) is 7.46. The molecular weight excluding hydrogens is 432 g/mol. The number of aliphatic carboxylic acids is 1. The van der Waals surface area contributed by atoms with Gasteiger partial charge in [0.2, 0.25) is 5.91 Å². The van der Waals surface area contributed by atoms with Gasteiger partial charge in [-0.15, -0.1) is 0 Å². The van der Waals surface area contributed by atoms with E-state index in [1.807, 2.05) is 24.3 Å². The molecule has 1 heterocycles. The number of carbonyl (C=O) groups excluding carboxylic acids is 2. The first-order valence-electron chi connectivity index (χ1n) is 12.1. The van der Waals surface area contributed by atoms with Crippen LogP contribution in [0.5, 0.6) is 0 Å². The Labute approximate surface area is 199 Å². The Kier molecular flexibility index (Phi) is 6.26. The van der Waals surface area contributed by atoms with Crippen molar-refractivity contribution in [3.63, 3.8) is 0 Å². The molecule has 2 unspecified atom stereocenters. The minimum absolute atomic E-state index is 0.00538. The maximum atomic E-state index is 13.0. The molecule has 2 aliphatic carbocycles. The molecule has 7 heteroatoms. The Hall–Kier alpha value is -3.35. The summed E-state index contributed by atoms with van der Waals surface area (Å²) < 4.78 is 5.69. The predicted octanol–water partition coefficient (Wildman–Crippen LogP) is 4.02. The number of rotatable bonds is 6. The second-order valence-electron chi connectivity index (χ2n) is 9.67. The number of carbonyl (C=O) groups is 3. The first kappa shape index (κ1) is 22.4. The average Bonchev–Trinajstić information content (AvgIpc) is 3.13. The van der Waals surface area contributed by atoms with Crippen LogP contribution in [0.25, 0.3) is 11.1 Å². The van der Waals surface area contributed by atoms with Gasteiger partial charge in [0, 0.05) is 31.0 Å². The van der Waals surface area contributed by atoms with E-state index in [0.717, 1.165) is 36.8 Å². The van der Waals surface area contributed by atoms with Crippen molar-refractivity contribution in [2.45, 2.75) is 44.1 Å². The van der Waals surface area contributed by atoms with Crippen molar-refractivity contribution in [2.24, 2.45) is 11.8 Å². The highest BCUT2D eigenvalue weighted by Crippen LogP contribution is 2.44. The number of nitrogens with one attached hydrogen (secondary N) is 1. The third kappa shape index (κ3) is 4.39. The van der Waals surface area contributed by atoms with Crippen LogP contribution in [0.1, 0.15) is 49.1 Å². The summed E-state index contributed by atoms with van der Waals surface area (Å²) in [4.78, 5) is 38.4. The highest BCUT2D eigenvalue weighted by atomic mass is 16.5. The maximum absolute atomic E-state index is 13.0. The van der Waals surface area contributed by atoms with Crippen LogP contribution in [-0.4, -0.2) is 53.7 Å². The van der Waals surface area contributed by atoms with Gasteiger partial charge in [-0.2, -0.15) is 0 Å². The normalized spacial score (nSPS) is 21.8. The van der Waals surface area contributed by atoms with Gasteiger partial charge in [0.05, 0.1) is 12.3 Å². The fraction of sp³-hybridized carbons (Fsp3) is 0.444. The molecule has 2 amide bonds. The Morgan fingerprint density at radius 3 is 2.21 bits per heavy atom. The molecule has 7 nitrogen and oxygen atoms in total. The van der Waals surface area contributed by atoms with E-state index in [1.54, 1.807) is 4.90 Å².